The number of esters is 1. The summed E-state index contributed by atoms with van der Waals surface area (Å²) in [6.45, 7) is 0.188. The zero-order valence-corrected chi connectivity index (χ0v) is 13.9. The van der Waals surface area contributed by atoms with Crippen LogP contribution in [-0.4, -0.2) is 25.0 Å². The molecule has 0 bridgehead atoms. The van der Waals surface area contributed by atoms with Gasteiger partial charge in [0.05, 0.1) is 7.11 Å². The van der Waals surface area contributed by atoms with Crippen molar-refractivity contribution in [2.24, 2.45) is 0 Å². The molecule has 0 radical (unpaired) electrons. The van der Waals surface area contributed by atoms with Crippen molar-refractivity contribution in [2.45, 2.75) is 19.1 Å². The molecule has 2 aromatic carbocycles. The molecule has 0 fully saturated rings. The molecule has 1 aliphatic heterocycles. The summed E-state index contributed by atoms with van der Waals surface area (Å²) in [7, 11) is 1.60. The number of nitrogens with one attached hydrogen (secondary N) is 1. The summed E-state index contributed by atoms with van der Waals surface area (Å²) in [6.07, 6.45) is 1.91. The van der Waals surface area contributed by atoms with Crippen LogP contribution in [0.4, 0.5) is 0 Å². The average molecular weight is 337 g/mol. The molecule has 0 saturated carbocycles. The predicted molar refractivity (Wildman–Crippen MR) is 93.8 cm³/mol. The number of ether oxygens (including phenoxy) is 2. The molecule has 0 spiro atoms. The predicted octanol–water partition coefficient (Wildman–Crippen LogP) is 2.71. The quantitative estimate of drug-likeness (QED) is 0.852. The van der Waals surface area contributed by atoms with Crippen LogP contribution in [0.1, 0.15) is 17.5 Å². The Morgan fingerprint density at radius 3 is 2.52 bits per heavy atom. The van der Waals surface area contributed by atoms with Crippen LogP contribution >= 0.6 is 0 Å². The molecule has 0 saturated heterocycles. The summed E-state index contributed by atoms with van der Waals surface area (Å²) in [4.78, 5) is 24.2. The first-order chi connectivity index (χ1) is 12.2. The molecule has 5 heteroatoms. The van der Waals surface area contributed by atoms with Gasteiger partial charge >= 0.3 is 5.97 Å². The van der Waals surface area contributed by atoms with Gasteiger partial charge in [-0.2, -0.15) is 0 Å². The summed E-state index contributed by atoms with van der Waals surface area (Å²) in [6, 6.07) is 16.1. The fourth-order valence-corrected chi connectivity index (χ4v) is 2.68. The number of carbonyl (C=O) groups is 2. The number of rotatable bonds is 5. The molecule has 25 heavy (non-hydrogen) atoms. The van der Waals surface area contributed by atoms with E-state index < -0.39 is 12.0 Å². The van der Waals surface area contributed by atoms with Crippen LogP contribution in [0.2, 0.25) is 0 Å². The maximum atomic E-state index is 12.3. The smallest absolute Gasteiger partial charge is 0.329 e. The van der Waals surface area contributed by atoms with Gasteiger partial charge in [-0.15, -0.1) is 0 Å². The third-order valence-corrected chi connectivity index (χ3v) is 4.02. The molecule has 2 aromatic rings. The molecule has 1 aliphatic rings. The van der Waals surface area contributed by atoms with E-state index in [9.17, 15) is 9.59 Å². The van der Waals surface area contributed by atoms with Crippen molar-refractivity contribution in [1.82, 2.24) is 5.32 Å². The molecule has 3 rings (SSSR count). The third-order valence-electron chi connectivity index (χ3n) is 4.02. The van der Waals surface area contributed by atoms with Gasteiger partial charge in [0.25, 0.3) is 0 Å². The first kappa shape index (κ1) is 16.8. The minimum atomic E-state index is -0.682. The maximum absolute atomic E-state index is 12.3. The van der Waals surface area contributed by atoms with E-state index in [1.54, 1.807) is 7.11 Å². The van der Waals surface area contributed by atoms with Crippen LogP contribution in [0.3, 0.4) is 0 Å². The second-order valence-electron chi connectivity index (χ2n) is 5.76. The topological polar surface area (TPSA) is 64.6 Å². The summed E-state index contributed by atoms with van der Waals surface area (Å²) >= 11 is 0. The normalized spacial score (nSPS) is 16.6. The van der Waals surface area contributed by atoms with Crippen LogP contribution in [0, 0.1) is 0 Å². The standard InChI is InChI=1S/C20H19NO4/c1-24-17-9-7-15(8-10-17)16-11-18(21-19(22)12-16)20(23)25-13-14-5-3-2-4-6-14/h2-10,12,18H,11,13H2,1H3,(H,21,22). The minimum absolute atomic E-state index is 0.188. The van der Waals surface area contributed by atoms with Crippen molar-refractivity contribution >= 4 is 17.4 Å². The lowest BCUT2D eigenvalue weighted by Crippen LogP contribution is -2.43. The molecular weight excluding hydrogens is 318 g/mol. The summed E-state index contributed by atoms with van der Waals surface area (Å²) in [5.74, 6) is 0.0125. The summed E-state index contributed by atoms with van der Waals surface area (Å²) < 4.78 is 10.5. The van der Waals surface area contributed by atoms with Crippen molar-refractivity contribution < 1.29 is 19.1 Å². The van der Waals surface area contributed by atoms with Gasteiger partial charge in [0.1, 0.15) is 18.4 Å². The van der Waals surface area contributed by atoms with Crippen LogP contribution in [-0.2, 0) is 20.9 Å². The van der Waals surface area contributed by atoms with Gasteiger partial charge < -0.3 is 14.8 Å². The lowest BCUT2D eigenvalue weighted by molar-refractivity contribution is -0.148. The number of benzene rings is 2. The zero-order valence-electron chi connectivity index (χ0n) is 13.9. The van der Waals surface area contributed by atoms with Gasteiger partial charge in [-0.1, -0.05) is 42.5 Å². The molecule has 0 aromatic heterocycles. The van der Waals surface area contributed by atoms with E-state index in [2.05, 4.69) is 5.32 Å². The van der Waals surface area contributed by atoms with Crippen molar-refractivity contribution in [3.63, 3.8) is 0 Å². The highest BCUT2D eigenvalue weighted by Crippen LogP contribution is 2.25. The Kier molecular flexibility index (Phi) is 5.14. The van der Waals surface area contributed by atoms with E-state index in [4.69, 9.17) is 9.47 Å². The van der Waals surface area contributed by atoms with Crippen LogP contribution < -0.4 is 10.1 Å². The van der Waals surface area contributed by atoms with Gasteiger partial charge in [0.2, 0.25) is 5.91 Å². The lowest BCUT2D eigenvalue weighted by atomic mass is 9.95. The van der Waals surface area contributed by atoms with Crippen molar-refractivity contribution in [2.75, 3.05) is 7.11 Å². The van der Waals surface area contributed by atoms with E-state index in [1.165, 1.54) is 6.08 Å². The van der Waals surface area contributed by atoms with Gasteiger partial charge in [-0.25, -0.2) is 4.79 Å². The van der Waals surface area contributed by atoms with Crippen LogP contribution in [0.25, 0.3) is 5.57 Å². The Bertz CT molecular complexity index is 781. The van der Waals surface area contributed by atoms with E-state index in [0.29, 0.717) is 6.42 Å². The highest BCUT2D eigenvalue weighted by molar-refractivity contribution is 6.00. The van der Waals surface area contributed by atoms with E-state index in [0.717, 1.165) is 22.4 Å². The average Bonchev–Trinajstić information content (AvgIpc) is 2.66. The summed E-state index contributed by atoms with van der Waals surface area (Å²) in [5.41, 5.74) is 2.59. The van der Waals surface area contributed by atoms with Crippen LogP contribution in [0.5, 0.6) is 5.75 Å². The number of hydrogen-bond donors (Lipinski definition) is 1. The molecule has 0 aliphatic carbocycles. The highest BCUT2D eigenvalue weighted by Gasteiger charge is 2.27. The lowest BCUT2D eigenvalue weighted by Gasteiger charge is -2.23. The van der Waals surface area contributed by atoms with Crippen molar-refractivity contribution in [3.05, 3.63) is 71.8 Å². The Morgan fingerprint density at radius 1 is 1.12 bits per heavy atom. The van der Waals surface area contributed by atoms with Gasteiger partial charge in [0.15, 0.2) is 0 Å². The van der Waals surface area contributed by atoms with E-state index in [-0.39, 0.29) is 12.5 Å². The molecular formula is C20H19NO4. The minimum Gasteiger partial charge on any atom is -0.497 e. The second-order valence-corrected chi connectivity index (χ2v) is 5.76. The third kappa shape index (κ3) is 4.26. The first-order valence-electron chi connectivity index (χ1n) is 8.02. The molecule has 1 N–H and O–H groups in total. The number of carbonyl (C=O) groups excluding carboxylic acids is 2. The van der Waals surface area contributed by atoms with Crippen molar-refractivity contribution in [1.29, 1.82) is 0 Å². The Labute approximate surface area is 146 Å². The number of methoxy groups -OCH3 is 1. The largest absolute Gasteiger partial charge is 0.497 e. The van der Waals surface area contributed by atoms with Crippen molar-refractivity contribution in [3.8, 4) is 5.75 Å². The SMILES string of the molecule is COc1ccc(C2=CC(=O)NC(C(=O)OCc3ccccc3)C2)cc1. The van der Waals surface area contributed by atoms with Gasteiger partial charge in [-0.3, -0.25) is 4.79 Å². The van der Waals surface area contributed by atoms with Crippen LogP contribution in [0.15, 0.2) is 60.7 Å². The fraction of sp³-hybridized carbons (Fsp3) is 0.200. The number of hydrogen-bond acceptors (Lipinski definition) is 4. The Hall–Kier alpha value is -3.08. The highest BCUT2D eigenvalue weighted by atomic mass is 16.5. The molecule has 1 unspecified atom stereocenters. The second kappa shape index (κ2) is 7.66. The number of amides is 1. The zero-order chi connectivity index (χ0) is 17.6. The van der Waals surface area contributed by atoms with Gasteiger partial charge in [0, 0.05) is 12.5 Å². The first-order valence-corrected chi connectivity index (χ1v) is 8.02. The Balaban J connectivity index is 1.66. The Morgan fingerprint density at radius 2 is 1.84 bits per heavy atom. The molecule has 128 valence electrons. The summed E-state index contributed by atoms with van der Waals surface area (Å²) in [5, 5.41) is 2.66. The molecule has 1 heterocycles. The monoisotopic (exact) mass is 337 g/mol. The fourth-order valence-electron chi connectivity index (χ4n) is 2.68. The van der Waals surface area contributed by atoms with E-state index in [1.807, 2.05) is 54.6 Å². The van der Waals surface area contributed by atoms with E-state index >= 15 is 0 Å². The molecule has 5 nitrogen and oxygen atoms in total. The molecule has 1 atom stereocenters. The molecule has 1 amide bonds. The van der Waals surface area contributed by atoms with Gasteiger partial charge in [-0.05, 0) is 28.8 Å². The maximum Gasteiger partial charge on any atom is 0.329 e.